The van der Waals surface area contributed by atoms with Gasteiger partial charge in [-0.1, -0.05) is 31.6 Å². The van der Waals surface area contributed by atoms with Crippen molar-refractivity contribution in [2.24, 2.45) is 0 Å². The molecule has 2 heterocycles. The first-order chi connectivity index (χ1) is 13.2. The molecule has 0 atom stereocenters. The number of carbonyl (C=O) groups excluding carboxylic acids is 1. The molecule has 138 valence electrons. The van der Waals surface area contributed by atoms with Gasteiger partial charge in [-0.25, -0.2) is 4.98 Å². The Morgan fingerprint density at radius 2 is 2.04 bits per heavy atom. The van der Waals surface area contributed by atoms with E-state index in [4.69, 9.17) is 4.74 Å². The molecule has 0 bridgehead atoms. The van der Waals surface area contributed by atoms with E-state index in [1.165, 1.54) is 0 Å². The minimum absolute atomic E-state index is 0.252. The molecule has 0 radical (unpaired) electrons. The maximum absolute atomic E-state index is 12.7. The van der Waals surface area contributed by atoms with Crippen molar-refractivity contribution in [1.82, 2.24) is 9.97 Å². The summed E-state index contributed by atoms with van der Waals surface area (Å²) < 4.78 is 5.70. The van der Waals surface area contributed by atoms with Crippen molar-refractivity contribution >= 4 is 22.6 Å². The highest BCUT2D eigenvalue weighted by atomic mass is 16.5. The quantitative estimate of drug-likeness (QED) is 0.606. The van der Waals surface area contributed by atoms with Crippen LogP contribution < -0.4 is 10.1 Å². The third-order valence-corrected chi connectivity index (χ3v) is 4.05. The van der Waals surface area contributed by atoms with Gasteiger partial charge in [0, 0.05) is 18.0 Å². The van der Waals surface area contributed by atoms with Gasteiger partial charge in [0.15, 0.2) is 0 Å². The number of hydrogen-bond acceptors (Lipinski definition) is 4. The number of pyridine rings is 2. The van der Waals surface area contributed by atoms with Crippen molar-refractivity contribution in [3.05, 3.63) is 72.1 Å². The summed E-state index contributed by atoms with van der Waals surface area (Å²) in [5, 5.41) is 2.89. The summed E-state index contributed by atoms with van der Waals surface area (Å²) in [6.45, 7) is 4.51. The Labute approximate surface area is 159 Å². The van der Waals surface area contributed by atoms with Crippen LogP contribution >= 0.6 is 0 Å². The van der Waals surface area contributed by atoms with E-state index < -0.39 is 0 Å². The normalized spacial score (nSPS) is 11.0. The lowest BCUT2D eigenvalue weighted by atomic mass is 10.1. The molecule has 0 spiro atoms. The van der Waals surface area contributed by atoms with Crippen LogP contribution in [0.2, 0.25) is 0 Å². The number of nitrogens with zero attached hydrogens (tertiary/aromatic N) is 2. The number of nitrogens with one attached hydrogen (secondary N) is 1. The van der Waals surface area contributed by atoms with Gasteiger partial charge in [-0.05, 0) is 49.2 Å². The summed E-state index contributed by atoms with van der Waals surface area (Å²) in [7, 11) is 0. The number of rotatable bonds is 7. The fourth-order valence-corrected chi connectivity index (χ4v) is 2.68. The highest BCUT2D eigenvalue weighted by Crippen LogP contribution is 2.20. The molecule has 1 aromatic carbocycles. The van der Waals surface area contributed by atoms with E-state index in [-0.39, 0.29) is 5.91 Å². The first-order valence-electron chi connectivity index (χ1n) is 9.09. The summed E-state index contributed by atoms with van der Waals surface area (Å²) >= 11 is 0. The molecule has 1 N–H and O–H groups in total. The first kappa shape index (κ1) is 18.6. The number of anilines is 1. The van der Waals surface area contributed by atoms with Crippen LogP contribution in [-0.2, 0) is 0 Å². The van der Waals surface area contributed by atoms with Crippen molar-refractivity contribution in [3.63, 3.8) is 0 Å². The lowest BCUT2D eigenvalue weighted by Gasteiger charge is -2.10. The molecule has 0 saturated heterocycles. The maximum Gasteiger partial charge on any atom is 0.274 e. The van der Waals surface area contributed by atoms with E-state index in [0.717, 1.165) is 23.9 Å². The zero-order valence-electron chi connectivity index (χ0n) is 15.6. The van der Waals surface area contributed by atoms with Crippen LogP contribution in [0.15, 0.2) is 60.8 Å². The predicted octanol–water partition coefficient (Wildman–Crippen LogP) is 4.93. The Bertz CT molecular complexity index is 967. The largest absolute Gasteiger partial charge is 0.489 e. The van der Waals surface area contributed by atoms with Gasteiger partial charge in [-0.15, -0.1) is 0 Å². The van der Waals surface area contributed by atoms with Crippen molar-refractivity contribution in [3.8, 4) is 5.75 Å². The van der Waals surface area contributed by atoms with Gasteiger partial charge in [0.05, 0.1) is 11.0 Å². The summed E-state index contributed by atoms with van der Waals surface area (Å²) in [4.78, 5) is 21.4. The number of aryl methyl sites for hydroxylation is 1. The molecule has 3 rings (SSSR count). The third kappa shape index (κ3) is 4.91. The van der Waals surface area contributed by atoms with Crippen LogP contribution in [0.25, 0.3) is 11.0 Å². The number of carbonyl (C=O) groups is 1. The van der Waals surface area contributed by atoms with Gasteiger partial charge in [-0.2, -0.15) is 0 Å². The minimum Gasteiger partial charge on any atom is -0.489 e. The molecule has 5 nitrogen and oxygen atoms in total. The van der Waals surface area contributed by atoms with E-state index in [1.807, 2.05) is 55.5 Å². The minimum atomic E-state index is -0.252. The van der Waals surface area contributed by atoms with Gasteiger partial charge in [-0.3, -0.25) is 9.78 Å². The Morgan fingerprint density at radius 1 is 1.15 bits per heavy atom. The monoisotopic (exact) mass is 361 g/mol. The molecule has 1 amide bonds. The van der Waals surface area contributed by atoms with Crippen LogP contribution in [0.4, 0.5) is 5.69 Å². The number of allylic oxidation sites excluding steroid dienone is 1. The van der Waals surface area contributed by atoms with E-state index in [2.05, 4.69) is 28.3 Å². The van der Waals surface area contributed by atoms with Crippen molar-refractivity contribution in [2.45, 2.75) is 26.7 Å². The lowest BCUT2D eigenvalue weighted by molar-refractivity contribution is 0.102. The van der Waals surface area contributed by atoms with Crippen LogP contribution in [0, 0.1) is 6.92 Å². The maximum atomic E-state index is 12.7. The van der Waals surface area contributed by atoms with Gasteiger partial charge < -0.3 is 10.1 Å². The molecule has 0 aliphatic rings. The second-order valence-electron chi connectivity index (χ2n) is 6.25. The van der Waals surface area contributed by atoms with Crippen LogP contribution in [0.5, 0.6) is 5.75 Å². The van der Waals surface area contributed by atoms with Crippen molar-refractivity contribution in [1.29, 1.82) is 0 Å². The molecule has 3 aromatic rings. The van der Waals surface area contributed by atoms with Gasteiger partial charge in [0.25, 0.3) is 5.91 Å². The van der Waals surface area contributed by atoms with E-state index in [0.29, 0.717) is 29.3 Å². The summed E-state index contributed by atoms with van der Waals surface area (Å²) in [6, 6.07) is 12.9. The summed E-state index contributed by atoms with van der Waals surface area (Å²) in [5.74, 6) is 0.458. The molecular weight excluding hydrogens is 338 g/mol. The Hall–Kier alpha value is -3.21. The highest BCUT2D eigenvalue weighted by molar-refractivity contribution is 6.05. The zero-order valence-corrected chi connectivity index (χ0v) is 15.6. The zero-order chi connectivity index (χ0) is 19.1. The van der Waals surface area contributed by atoms with E-state index in [1.54, 1.807) is 6.20 Å². The molecule has 2 aromatic heterocycles. The van der Waals surface area contributed by atoms with Crippen LogP contribution in [0.3, 0.4) is 0 Å². The molecular formula is C22H23N3O2. The average Bonchev–Trinajstić information content (AvgIpc) is 2.67. The molecule has 5 heteroatoms. The molecule has 0 aliphatic carbocycles. The van der Waals surface area contributed by atoms with Crippen molar-refractivity contribution < 1.29 is 9.53 Å². The second kappa shape index (κ2) is 8.94. The first-order valence-corrected chi connectivity index (χ1v) is 9.09. The standard InChI is InChI=1S/C22H23N3O2/c1-3-4-5-6-13-27-18-10-7-9-17(15-18)24-22(26)21-16(2)14-20-19(25-21)11-8-12-23-20/h5-12,14-15H,3-4,13H2,1-2H3,(H,24,26). The second-order valence-corrected chi connectivity index (χ2v) is 6.25. The predicted molar refractivity (Wildman–Crippen MR) is 108 cm³/mol. The topological polar surface area (TPSA) is 64.1 Å². The number of hydrogen-bond donors (Lipinski definition) is 1. The number of aromatic nitrogens is 2. The summed E-state index contributed by atoms with van der Waals surface area (Å²) in [6.07, 6.45) is 8.00. The number of benzene rings is 1. The van der Waals surface area contributed by atoms with Crippen molar-refractivity contribution in [2.75, 3.05) is 11.9 Å². The SMILES string of the molecule is CCCC=CCOc1cccc(NC(=O)c2nc3cccnc3cc2C)c1. The number of unbranched alkanes of at least 4 members (excludes halogenated alkanes) is 1. The van der Waals surface area contributed by atoms with E-state index in [9.17, 15) is 4.79 Å². The number of fused-ring (bicyclic) bond motifs is 1. The number of ether oxygens (including phenoxy) is 1. The lowest BCUT2D eigenvalue weighted by Crippen LogP contribution is -2.15. The fourth-order valence-electron chi connectivity index (χ4n) is 2.68. The molecule has 0 saturated carbocycles. The number of amides is 1. The smallest absolute Gasteiger partial charge is 0.274 e. The Morgan fingerprint density at radius 3 is 2.89 bits per heavy atom. The fraction of sp³-hybridized carbons (Fsp3) is 0.227. The average molecular weight is 361 g/mol. The molecule has 0 aliphatic heterocycles. The summed E-state index contributed by atoms with van der Waals surface area (Å²) in [5.41, 5.74) is 3.32. The van der Waals surface area contributed by atoms with Crippen LogP contribution in [0.1, 0.15) is 35.8 Å². The third-order valence-electron chi connectivity index (χ3n) is 4.05. The Balaban J connectivity index is 1.71. The molecule has 0 fully saturated rings. The highest BCUT2D eigenvalue weighted by Gasteiger charge is 2.13. The van der Waals surface area contributed by atoms with E-state index >= 15 is 0 Å². The Kier molecular flexibility index (Phi) is 6.15. The molecule has 27 heavy (non-hydrogen) atoms. The van der Waals surface area contributed by atoms with Gasteiger partial charge >= 0.3 is 0 Å². The molecule has 0 unspecified atom stereocenters. The van der Waals surface area contributed by atoms with Gasteiger partial charge in [0.2, 0.25) is 0 Å². The van der Waals surface area contributed by atoms with Crippen LogP contribution in [-0.4, -0.2) is 22.5 Å². The van der Waals surface area contributed by atoms with Gasteiger partial charge in [0.1, 0.15) is 18.1 Å².